The number of aromatic nitrogens is 3. The van der Waals surface area contributed by atoms with Crippen LogP contribution in [0.25, 0.3) is 5.69 Å². The first kappa shape index (κ1) is 18.1. The van der Waals surface area contributed by atoms with Gasteiger partial charge >= 0.3 is 0 Å². The fourth-order valence-electron chi connectivity index (χ4n) is 2.45. The number of para-hydroxylation sites is 1. The molecule has 1 N–H and O–H groups in total. The number of hydrogen-bond donors (Lipinski definition) is 1. The van der Waals surface area contributed by atoms with Gasteiger partial charge in [0.05, 0.1) is 10.9 Å². The summed E-state index contributed by atoms with van der Waals surface area (Å²) < 4.78 is 15.5. The molecular formula is C19H19FN4OS. The molecule has 1 aromatic heterocycles. The first-order chi connectivity index (χ1) is 12.6. The fourth-order valence-corrected chi connectivity index (χ4v) is 3.31. The van der Waals surface area contributed by atoms with Crippen LogP contribution >= 0.6 is 11.8 Å². The standard InChI is InChI=1S/C19H19FN4OS/c1-14(18(25)21-12-11-15-7-3-2-4-8-15)26-19-23-22-13-24(19)17-10-6-5-9-16(17)20/h2-10,13-14H,11-12H2,1H3,(H,21,25)/t14-/m0/s1. The Morgan fingerprint density at radius 1 is 1.19 bits per heavy atom. The minimum Gasteiger partial charge on any atom is -0.355 e. The molecular weight excluding hydrogens is 351 g/mol. The molecule has 0 fully saturated rings. The predicted molar refractivity (Wildman–Crippen MR) is 99.8 cm³/mol. The molecule has 0 aliphatic heterocycles. The molecule has 0 unspecified atom stereocenters. The fraction of sp³-hybridized carbons (Fsp3) is 0.211. The maximum absolute atomic E-state index is 14.0. The Morgan fingerprint density at radius 2 is 1.92 bits per heavy atom. The molecule has 1 atom stereocenters. The van der Waals surface area contributed by atoms with Crippen molar-refractivity contribution in [1.82, 2.24) is 20.1 Å². The van der Waals surface area contributed by atoms with Gasteiger partial charge in [0.25, 0.3) is 0 Å². The lowest BCUT2D eigenvalue weighted by Crippen LogP contribution is -2.32. The number of hydrogen-bond acceptors (Lipinski definition) is 4. The van der Waals surface area contributed by atoms with Gasteiger partial charge in [0.2, 0.25) is 5.91 Å². The predicted octanol–water partition coefficient (Wildman–Crippen LogP) is 3.25. The van der Waals surface area contributed by atoms with Crippen molar-refractivity contribution in [2.24, 2.45) is 0 Å². The van der Waals surface area contributed by atoms with Gasteiger partial charge in [-0.1, -0.05) is 54.2 Å². The van der Waals surface area contributed by atoms with Crippen molar-refractivity contribution >= 4 is 17.7 Å². The Morgan fingerprint density at radius 3 is 2.69 bits per heavy atom. The minimum atomic E-state index is -0.375. The molecule has 0 saturated heterocycles. The first-order valence-electron chi connectivity index (χ1n) is 8.28. The largest absolute Gasteiger partial charge is 0.355 e. The van der Waals surface area contributed by atoms with Gasteiger partial charge in [-0.05, 0) is 31.0 Å². The van der Waals surface area contributed by atoms with Crippen LogP contribution in [0.5, 0.6) is 0 Å². The third-order valence-corrected chi connectivity index (χ3v) is 4.89. The number of carbonyl (C=O) groups excluding carboxylic acids is 1. The summed E-state index contributed by atoms with van der Waals surface area (Å²) in [6.45, 7) is 2.36. The Balaban J connectivity index is 1.58. The smallest absolute Gasteiger partial charge is 0.233 e. The third-order valence-electron chi connectivity index (χ3n) is 3.84. The van der Waals surface area contributed by atoms with E-state index in [1.807, 2.05) is 30.3 Å². The van der Waals surface area contributed by atoms with Crippen molar-refractivity contribution in [2.45, 2.75) is 23.8 Å². The zero-order valence-corrected chi connectivity index (χ0v) is 15.1. The van der Waals surface area contributed by atoms with Crippen molar-refractivity contribution in [3.63, 3.8) is 0 Å². The number of halogens is 1. The minimum absolute atomic E-state index is 0.0889. The zero-order chi connectivity index (χ0) is 18.4. The summed E-state index contributed by atoms with van der Waals surface area (Å²) in [5, 5.41) is 10.9. The average Bonchev–Trinajstić information content (AvgIpc) is 3.10. The molecule has 3 aromatic rings. The Hall–Kier alpha value is -2.67. The maximum Gasteiger partial charge on any atom is 0.233 e. The second-order valence-electron chi connectivity index (χ2n) is 5.72. The van der Waals surface area contributed by atoms with E-state index >= 15 is 0 Å². The summed E-state index contributed by atoms with van der Waals surface area (Å²) in [6, 6.07) is 16.4. The lowest BCUT2D eigenvalue weighted by atomic mass is 10.1. The van der Waals surface area contributed by atoms with E-state index in [0.717, 1.165) is 6.42 Å². The summed E-state index contributed by atoms with van der Waals surface area (Å²) in [7, 11) is 0. The molecule has 0 bridgehead atoms. The van der Waals surface area contributed by atoms with Crippen molar-refractivity contribution < 1.29 is 9.18 Å². The molecule has 26 heavy (non-hydrogen) atoms. The van der Waals surface area contributed by atoms with Crippen LogP contribution < -0.4 is 5.32 Å². The Bertz CT molecular complexity index is 869. The number of benzene rings is 2. The molecule has 0 aliphatic carbocycles. The lowest BCUT2D eigenvalue weighted by molar-refractivity contribution is -0.120. The van der Waals surface area contributed by atoms with Crippen molar-refractivity contribution in [2.75, 3.05) is 6.54 Å². The number of rotatable bonds is 7. The van der Waals surface area contributed by atoms with Crippen LogP contribution in [0.2, 0.25) is 0 Å². The number of thioether (sulfide) groups is 1. The molecule has 5 nitrogen and oxygen atoms in total. The highest BCUT2D eigenvalue weighted by molar-refractivity contribution is 8.00. The quantitative estimate of drug-likeness (QED) is 0.649. The summed E-state index contributed by atoms with van der Waals surface area (Å²) in [6.07, 6.45) is 2.22. The Labute approximate surface area is 155 Å². The van der Waals surface area contributed by atoms with Gasteiger partial charge in [0, 0.05) is 6.54 Å². The van der Waals surface area contributed by atoms with Crippen LogP contribution in [0, 0.1) is 5.82 Å². The number of nitrogens with one attached hydrogen (secondary N) is 1. The molecule has 0 radical (unpaired) electrons. The van der Waals surface area contributed by atoms with Gasteiger partial charge in [0.1, 0.15) is 12.1 Å². The molecule has 7 heteroatoms. The molecule has 2 aromatic carbocycles. The Kier molecular flexibility index (Phi) is 6.01. The zero-order valence-electron chi connectivity index (χ0n) is 14.3. The summed E-state index contributed by atoms with van der Waals surface area (Å²) in [5.74, 6) is -0.455. The monoisotopic (exact) mass is 370 g/mol. The van der Waals surface area contributed by atoms with Crippen molar-refractivity contribution in [1.29, 1.82) is 0 Å². The second kappa shape index (κ2) is 8.62. The third kappa shape index (κ3) is 4.49. The molecule has 0 aliphatic rings. The van der Waals surface area contributed by atoms with E-state index in [4.69, 9.17) is 0 Å². The van der Waals surface area contributed by atoms with Crippen LogP contribution in [0.3, 0.4) is 0 Å². The topological polar surface area (TPSA) is 59.8 Å². The van der Waals surface area contributed by atoms with Crippen LogP contribution in [-0.2, 0) is 11.2 Å². The molecule has 1 heterocycles. The molecule has 0 spiro atoms. The molecule has 3 rings (SSSR count). The van der Waals surface area contributed by atoms with Crippen molar-refractivity contribution in [3.8, 4) is 5.69 Å². The van der Waals surface area contributed by atoms with E-state index in [-0.39, 0.29) is 17.0 Å². The van der Waals surface area contributed by atoms with E-state index < -0.39 is 0 Å². The van der Waals surface area contributed by atoms with E-state index in [0.29, 0.717) is 17.4 Å². The first-order valence-corrected chi connectivity index (χ1v) is 9.16. The highest BCUT2D eigenvalue weighted by atomic mass is 32.2. The maximum atomic E-state index is 14.0. The summed E-state index contributed by atoms with van der Waals surface area (Å²) in [4.78, 5) is 12.3. The van der Waals surface area contributed by atoms with Gasteiger partial charge in [0.15, 0.2) is 5.16 Å². The van der Waals surface area contributed by atoms with Gasteiger partial charge in [-0.3, -0.25) is 9.36 Å². The van der Waals surface area contributed by atoms with Gasteiger partial charge in [-0.15, -0.1) is 10.2 Å². The number of amides is 1. The SMILES string of the molecule is C[C@H](Sc1nncn1-c1ccccc1F)C(=O)NCCc1ccccc1. The summed E-state index contributed by atoms with van der Waals surface area (Å²) in [5.41, 5.74) is 1.53. The van der Waals surface area contributed by atoms with Crippen molar-refractivity contribution in [3.05, 3.63) is 72.3 Å². The lowest BCUT2D eigenvalue weighted by Gasteiger charge is -2.12. The van der Waals surface area contributed by atoms with E-state index in [2.05, 4.69) is 15.5 Å². The molecule has 134 valence electrons. The van der Waals surface area contributed by atoms with Crippen LogP contribution in [0.4, 0.5) is 4.39 Å². The van der Waals surface area contributed by atoms with Gasteiger partial charge < -0.3 is 5.32 Å². The van der Waals surface area contributed by atoms with E-state index in [9.17, 15) is 9.18 Å². The van der Waals surface area contributed by atoms with Crippen LogP contribution in [0.1, 0.15) is 12.5 Å². The van der Waals surface area contributed by atoms with E-state index in [1.165, 1.54) is 29.7 Å². The highest BCUT2D eigenvalue weighted by Crippen LogP contribution is 2.25. The van der Waals surface area contributed by atoms with Gasteiger partial charge in [-0.25, -0.2) is 4.39 Å². The highest BCUT2D eigenvalue weighted by Gasteiger charge is 2.19. The number of nitrogens with zero attached hydrogens (tertiary/aromatic N) is 3. The molecule has 1 amide bonds. The van der Waals surface area contributed by atoms with E-state index in [1.54, 1.807) is 29.7 Å². The molecule has 0 saturated carbocycles. The number of carbonyl (C=O) groups is 1. The summed E-state index contributed by atoms with van der Waals surface area (Å²) >= 11 is 1.25. The van der Waals surface area contributed by atoms with Gasteiger partial charge in [-0.2, -0.15) is 0 Å². The normalized spacial score (nSPS) is 11.9. The van der Waals surface area contributed by atoms with Crippen LogP contribution in [-0.4, -0.2) is 32.5 Å². The average molecular weight is 370 g/mol. The second-order valence-corrected chi connectivity index (χ2v) is 7.03. The van der Waals surface area contributed by atoms with Crippen LogP contribution in [0.15, 0.2) is 66.1 Å².